The maximum atomic E-state index is 13.4. The summed E-state index contributed by atoms with van der Waals surface area (Å²) < 4.78 is 1.94. The lowest BCUT2D eigenvalue weighted by molar-refractivity contribution is 0.0952. The molecule has 4 aromatic rings. The van der Waals surface area contributed by atoms with Gasteiger partial charge in [0.25, 0.3) is 11.5 Å². The molecule has 0 aliphatic heterocycles. The molecule has 0 unspecified atom stereocenters. The molecule has 2 N–H and O–H groups in total. The molecule has 1 amide bonds. The van der Waals surface area contributed by atoms with Crippen molar-refractivity contribution in [2.24, 2.45) is 0 Å². The molecule has 0 bridgehead atoms. The number of aryl methyl sites for hydroxylation is 2. The van der Waals surface area contributed by atoms with Gasteiger partial charge in [0, 0.05) is 35.8 Å². The van der Waals surface area contributed by atoms with Crippen molar-refractivity contribution >= 4 is 16.8 Å². The van der Waals surface area contributed by atoms with E-state index in [1.807, 2.05) is 44.8 Å². The van der Waals surface area contributed by atoms with Gasteiger partial charge >= 0.3 is 0 Å². The second kappa shape index (κ2) is 9.88. The molecule has 2 aromatic heterocycles. The van der Waals surface area contributed by atoms with E-state index in [2.05, 4.69) is 64.5 Å². The van der Waals surface area contributed by atoms with Gasteiger partial charge in [-0.2, -0.15) is 5.10 Å². The molecule has 0 aliphatic carbocycles. The van der Waals surface area contributed by atoms with Crippen molar-refractivity contribution in [1.82, 2.24) is 25.0 Å². The van der Waals surface area contributed by atoms with Crippen molar-refractivity contribution in [2.45, 2.75) is 46.8 Å². The van der Waals surface area contributed by atoms with Gasteiger partial charge in [-0.3, -0.25) is 14.3 Å². The molecule has 0 atom stereocenters. The molecular weight excluding hydrogens is 438 g/mol. The van der Waals surface area contributed by atoms with Gasteiger partial charge in [-0.15, -0.1) is 0 Å². The maximum Gasteiger partial charge on any atom is 0.253 e. The maximum absolute atomic E-state index is 13.4. The van der Waals surface area contributed by atoms with Gasteiger partial charge < -0.3 is 15.2 Å². The Morgan fingerprint density at radius 2 is 1.80 bits per heavy atom. The average Bonchev–Trinajstić information content (AvgIpc) is 3.22. The van der Waals surface area contributed by atoms with Crippen LogP contribution in [-0.4, -0.2) is 39.7 Å². The molecule has 2 aromatic carbocycles. The summed E-state index contributed by atoms with van der Waals surface area (Å²) in [5, 5.41) is 8.30. The van der Waals surface area contributed by atoms with E-state index in [1.54, 1.807) is 6.20 Å². The van der Waals surface area contributed by atoms with E-state index in [0.717, 1.165) is 39.8 Å². The quantitative estimate of drug-likeness (QED) is 0.413. The van der Waals surface area contributed by atoms with Gasteiger partial charge in [0.1, 0.15) is 0 Å². The fraction of sp³-hybridized carbons (Fsp3) is 0.321. The third-order valence-corrected chi connectivity index (χ3v) is 6.16. The number of H-pyrrole nitrogens is 1. The van der Waals surface area contributed by atoms with Crippen LogP contribution in [0.15, 0.2) is 53.5 Å². The zero-order valence-corrected chi connectivity index (χ0v) is 21.3. The molecule has 2 heterocycles. The predicted molar refractivity (Wildman–Crippen MR) is 141 cm³/mol. The number of rotatable bonds is 7. The lowest BCUT2D eigenvalue weighted by atomic mass is 9.98. The smallest absolute Gasteiger partial charge is 0.253 e. The highest BCUT2D eigenvalue weighted by atomic mass is 16.1. The lowest BCUT2D eigenvalue weighted by Gasteiger charge is -2.13. The third kappa shape index (κ3) is 5.20. The van der Waals surface area contributed by atoms with Gasteiger partial charge in [-0.1, -0.05) is 24.3 Å². The Bertz CT molecular complexity index is 1430. The highest BCUT2D eigenvalue weighted by Gasteiger charge is 2.18. The van der Waals surface area contributed by atoms with Gasteiger partial charge in [-0.25, -0.2) is 0 Å². The summed E-state index contributed by atoms with van der Waals surface area (Å²) in [6.07, 6.45) is 1.75. The summed E-state index contributed by atoms with van der Waals surface area (Å²) in [7, 11) is 4.09. The molecule has 4 rings (SSSR count). The molecule has 0 saturated heterocycles. The zero-order chi connectivity index (χ0) is 25.3. The van der Waals surface area contributed by atoms with Crippen LogP contribution in [0.25, 0.3) is 22.0 Å². The number of hydrogen-bond donors (Lipinski definition) is 2. The van der Waals surface area contributed by atoms with Crippen LogP contribution in [0.1, 0.15) is 52.6 Å². The monoisotopic (exact) mass is 471 g/mol. The van der Waals surface area contributed by atoms with E-state index in [9.17, 15) is 9.59 Å². The van der Waals surface area contributed by atoms with Crippen LogP contribution in [0.2, 0.25) is 0 Å². The molecule has 0 radical (unpaired) electrons. The molecular formula is C28H33N5O2. The summed E-state index contributed by atoms with van der Waals surface area (Å²) in [6, 6.07) is 14.5. The molecule has 35 heavy (non-hydrogen) atoms. The minimum absolute atomic E-state index is 0.148. The van der Waals surface area contributed by atoms with Crippen LogP contribution in [0.3, 0.4) is 0 Å². The van der Waals surface area contributed by atoms with Crippen LogP contribution < -0.4 is 10.9 Å². The fourth-order valence-electron chi connectivity index (χ4n) is 4.44. The Balaban J connectivity index is 1.72. The van der Waals surface area contributed by atoms with Gasteiger partial charge in [0.2, 0.25) is 0 Å². The van der Waals surface area contributed by atoms with E-state index in [4.69, 9.17) is 0 Å². The molecule has 0 saturated carbocycles. The van der Waals surface area contributed by atoms with Crippen molar-refractivity contribution in [1.29, 1.82) is 0 Å². The number of carbonyl (C=O) groups excluding carboxylic acids is 1. The molecule has 182 valence electrons. The SMILES string of the molecule is Cc1cc(C)c(CNC(=O)c2cc(-c3ccc(CN(C)C)cc3)cc3c2cnn3C(C)C)c(=O)[nH]1. The first-order valence-electron chi connectivity index (χ1n) is 11.9. The van der Waals surface area contributed by atoms with Crippen molar-refractivity contribution in [2.75, 3.05) is 14.1 Å². The highest BCUT2D eigenvalue weighted by Crippen LogP contribution is 2.30. The van der Waals surface area contributed by atoms with Crippen LogP contribution in [0.4, 0.5) is 0 Å². The van der Waals surface area contributed by atoms with Gasteiger partial charge in [0.05, 0.1) is 17.3 Å². The highest BCUT2D eigenvalue weighted by molar-refractivity contribution is 6.08. The largest absolute Gasteiger partial charge is 0.348 e. The Morgan fingerprint density at radius 1 is 1.09 bits per heavy atom. The number of fused-ring (bicyclic) bond motifs is 1. The van der Waals surface area contributed by atoms with E-state index < -0.39 is 0 Å². The first-order valence-corrected chi connectivity index (χ1v) is 11.9. The number of nitrogens with one attached hydrogen (secondary N) is 2. The second-order valence-electron chi connectivity index (χ2n) is 9.70. The number of aromatic nitrogens is 3. The number of nitrogens with zero attached hydrogens (tertiary/aromatic N) is 3. The number of pyridine rings is 1. The standard InChI is InChI=1S/C28H33N5O2/c1-17(2)33-26-13-22(21-9-7-20(8-10-21)16-32(5)6)12-23(25(26)15-30-33)27(34)29-14-24-18(3)11-19(4)31-28(24)35/h7-13,15,17H,14,16H2,1-6H3,(H,29,34)(H,31,35). The normalized spacial score (nSPS) is 11.5. The topological polar surface area (TPSA) is 83.0 Å². The van der Waals surface area contributed by atoms with Crippen LogP contribution in [0, 0.1) is 13.8 Å². The summed E-state index contributed by atoms with van der Waals surface area (Å²) >= 11 is 0. The molecule has 0 spiro atoms. The number of hydrogen-bond acceptors (Lipinski definition) is 4. The van der Waals surface area contributed by atoms with Crippen molar-refractivity contribution < 1.29 is 4.79 Å². The second-order valence-corrected chi connectivity index (χ2v) is 9.70. The summed E-state index contributed by atoms with van der Waals surface area (Å²) in [6.45, 7) is 8.89. The first-order chi connectivity index (χ1) is 16.6. The summed E-state index contributed by atoms with van der Waals surface area (Å²) in [5.41, 5.74) is 6.70. The van der Waals surface area contributed by atoms with Crippen LogP contribution >= 0.6 is 0 Å². The third-order valence-electron chi connectivity index (χ3n) is 6.16. The summed E-state index contributed by atoms with van der Waals surface area (Å²) in [4.78, 5) is 30.7. The number of amides is 1. The molecule has 0 aliphatic rings. The fourth-order valence-corrected chi connectivity index (χ4v) is 4.44. The predicted octanol–water partition coefficient (Wildman–Crippen LogP) is 4.58. The molecule has 0 fully saturated rings. The van der Waals surface area contributed by atoms with Crippen LogP contribution in [0.5, 0.6) is 0 Å². The first kappa shape index (κ1) is 24.4. The minimum Gasteiger partial charge on any atom is -0.348 e. The lowest BCUT2D eigenvalue weighted by Crippen LogP contribution is -2.28. The Hall–Kier alpha value is -3.71. The van der Waals surface area contributed by atoms with Crippen molar-refractivity contribution in [3.63, 3.8) is 0 Å². The molecule has 7 heteroatoms. The zero-order valence-electron chi connectivity index (χ0n) is 21.3. The van der Waals surface area contributed by atoms with E-state index in [1.165, 1.54) is 5.56 Å². The molecule has 7 nitrogen and oxygen atoms in total. The van der Waals surface area contributed by atoms with Gasteiger partial charge in [0.15, 0.2) is 0 Å². The average molecular weight is 472 g/mol. The Labute approximate surface area is 205 Å². The van der Waals surface area contributed by atoms with E-state index in [0.29, 0.717) is 11.1 Å². The number of carbonyl (C=O) groups is 1. The Morgan fingerprint density at radius 3 is 2.43 bits per heavy atom. The van der Waals surface area contributed by atoms with Gasteiger partial charge in [-0.05, 0) is 82.2 Å². The van der Waals surface area contributed by atoms with E-state index in [-0.39, 0.29) is 24.1 Å². The summed E-state index contributed by atoms with van der Waals surface area (Å²) in [5.74, 6) is -0.233. The Kier molecular flexibility index (Phi) is 6.89. The van der Waals surface area contributed by atoms with Crippen molar-refractivity contribution in [3.05, 3.63) is 87.0 Å². The van der Waals surface area contributed by atoms with Crippen LogP contribution in [-0.2, 0) is 13.1 Å². The number of aromatic amines is 1. The van der Waals surface area contributed by atoms with E-state index >= 15 is 0 Å². The number of benzene rings is 2. The minimum atomic E-state index is -0.233. The van der Waals surface area contributed by atoms with Crippen molar-refractivity contribution in [3.8, 4) is 11.1 Å².